The molecular weight excluding hydrogens is 292 g/mol. The van der Waals surface area contributed by atoms with Gasteiger partial charge in [-0.1, -0.05) is 24.3 Å². The number of nitrogens with one attached hydrogen (secondary N) is 1. The molecule has 0 fully saturated rings. The number of aromatic nitrogens is 1. The number of hydrogen-bond donors (Lipinski definition) is 1. The number of guanidine groups is 1. The van der Waals surface area contributed by atoms with Gasteiger partial charge in [-0.15, -0.1) is 11.3 Å². The molecule has 0 radical (unpaired) electrons. The van der Waals surface area contributed by atoms with Crippen molar-refractivity contribution in [2.45, 2.75) is 26.8 Å². The van der Waals surface area contributed by atoms with E-state index in [2.05, 4.69) is 65.4 Å². The Labute approximate surface area is 136 Å². The minimum Gasteiger partial charge on any atom is -0.356 e. The van der Waals surface area contributed by atoms with E-state index in [0.29, 0.717) is 0 Å². The second kappa shape index (κ2) is 7.94. The fourth-order valence-electron chi connectivity index (χ4n) is 2.30. The summed E-state index contributed by atoms with van der Waals surface area (Å²) in [5.41, 5.74) is 2.63. The van der Waals surface area contributed by atoms with Crippen LogP contribution in [0.4, 0.5) is 0 Å². The zero-order valence-corrected chi connectivity index (χ0v) is 14.6. The molecule has 0 aliphatic carbocycles. The molecule has 0 amide bonds. The van der Waals surface area contributed by atoms with Crippen molar-refractivity contribution in [1.29, 1.82) is 0 Å². The Bertz CT molecular complexity index is 633. The normalized spacial score (nSPS) is 11.5. The molecule has 0 saturated carbocycles. The Kier molecular flexibility index (Phi) is 5.95. The van der Waals surface area contributed by atoms with Crippen LogP contribution in [0.2, 0.25) is 0 Å². The third-order valence-corrected chi connectivity index (χ3v) is 4.51. The predicted molar refractivity (Wildman–Crippen MR) is 94.6 cm³/mol. The monoisotopic (exact) mass is 316 g/mol. The van der Waals surface area contributed by atoms with E-state index in [0.717, 1.165) is 25.5 Å². The molecule has 0 bridgehead atoms. The quantitative estimate of drug-likeness (QED) is 0.681. The van der Waals surface area contributed by atoms with Crippen LogP contribution in [0.1, 0.15) is 21.0 Å². The van der Waals surface area contributed by atoms with Gasteiger partial charge in [0.25, 0.3) is 0 Å². The lowest BCUT2D eigenvalue weighted by Gasteiger charge is -2.22. The van der Waals surface area contributed by atoms with Gasteiger partial charge in [-0.25, -0.2) is 4.98 Å². The van der Waals surface area contributed by atoms with Crippen molar-refractivity contribution in [3.8, 4) is 0 Å². The minimum absolute atomic E-state index is 0.845. The number of aliphatic imine (C=N–C) groups is 1. The molecule has 0 atom stereocenters. The Balaban J connectivity index is 1.87. The zero-order chi connectivity index (χ0) is 15.9. The molecule has 1 N–H and O–H groups in total. The van der Waals surface area contributed by atoms with Gasteiger partial charge in [-0.05, 0) is 25.0 Å². The molecule has 0 aliphatic rings. The molecule has 22 heavy (non-hydrogen) atoms. The summed E-state index contributed by atoms with van der Waals surface area (Å²) in [7, 11) is 3.89. The molecule has 118 valence electrons. The highest BCUT2D eigenvalue weighted by Gasteiger charge is 2.08. The van der Waals surface area contributed by atoms with E-state index in [4.69, 9.17) is 0 Å². The van der Waals surface area contributed by atoms with Crippen LogP contribution in [0.15, 0.2) is 35.5 Å². The maximum Gasteiger partial charge on any atom is 0.193 e. The standard InChI is InChI=1S/C17H24N4S/c1-13-7-5-6-8-15(13)12-21(4)17(18-3)19-10-9-16-20-11-14(2)22-16/h5-8,11H,9-10,12H2,1-4H3,(H,18,19). The van der Waals surface area contributed by atoms with Crippen molar-refractivity contribution in [2.75, 3.05) is 20.6 Å². The molecule has 2 rings (SSSR count). The van der Waals surface area contributed by atoms with E-state index >= 15 is 0 Å². The Morgan fingerprint density at radius 3 is 2.73 bits per heavy atom. The molecule has 0 spiro atoms. The van der Waals surface area contributed by atoms with Gasteiger partial charge in [-0.2, -0.15) is 0 Å². The van der Waals surface area contributed by atoms with Crippen molar-refractivity contribution in [3.05, 3.63) is 51.5 Å². The number of thiazole rings is 1. The summed E-state index contributed by atoms with van der Waals surface area (Å²) in [6, 6.07) is 8.46. The highest BCUT2D eigenvalue weighted by atomic mass is 32.1. The summed E-state index contributed by atoms with van der Waals surface area (Å²) in [5, 5.41) is 4.58. The van der Waals surface area contributed by atoms with E-state index in [1.54, 1.807) is 11.3 Å². The van der Waals surface area contributed by atoms with Crippen molar-refractivity contribution >= 4 is 17.3 Å². The summed E-state index contributed by atoms with van der Waals surface area (Å²) in [4.78, 5) is 12.2. The van der Waals surface area contributed by atoms with Gasteiger partial charge in [0, 0.05) is 44.7 Å². The van der Waals surface area contributed by atoms with Gasteiger partial charge in [0.05, 0.1) is 5.01 Å². The second-order valence-electron chi connectivity index (χ2n) is 5.37. The van der Waals surface area contributed by atoms with Crippen LogP contribution >= 0.6 is 11.3 Å². The van der Waals surface area contributed by atoms with E-state index < -0.39 is 0 Å². The number of benzene rings is 1. The predicted octanol–water partition coefficient (Wildman–Crippen LogP) is 3.01. The molecule has 0 saturated heterocycles. The summed E-state index contributed by atoms with van der Waals surface area (Å²) >= 11 is 1.76. The van der Waals surface area contributed by atoms with Crippen LogP contribution in [0, 0.1) is 13.8 Å². The average Bonchev–Trinajstić information content (AvgIpc) is 2.91. The summed E-state index contributed by atoms with van der Waals surface area (Å²) in [6.07, 6.45) is 2.86. The largest absolute Gasteiger partial charge is 0.356 e. The molecule has 0 aliphatic heterocycles. The molecule has 0 unspecified atom stereocenters. The lowest BCUT2D eigenvalue weighted by atomic mass is 10.1. The van der Waals surface area contributed by atoms with Gasteiger partial charge in [0.15, 0.2) is 5.96 Å². The van der Waals surface area contributed by atoms with Gasteiger partial charge in [0.2, 0.25) is 0 Å². The Morgan fingerprint density at radius 1 is 1.32 bits per heavy atom. The van der Waals surface area contributed by atoms with Crippen molar-refractivity contribution in [2.24, 2.45) is 4.99 Å². The molecule has 1 aromatic carbocycles. The van der Waals surface area contributed by atoms with Crippen molar-refractivity contribution in [1.82, 2.24) is 15.2 Å². The maximum atomic E-state index is 4.39. The lowest BCUT2D eigenvalue weighted by molar-refractivity contribution is 0.476. The van der Waals surface area contributed by atoms with E-state index in [-0.39, 0.29) is 0 Å². The number of rotatable bonds is 5. The third-order valence-electron chi connectivity index (χ3n) is 3.53. The Morgan fingerprint density at radius 2 is 2.09 bits per heavy atom. The fourth-order valence-corrected chi connectivity index (χ4v) is 3.09. The summed E-state index contributed by atoms with van der Waals surface area (Å²) in [6.45, 7) is 5.92. The van der Waals surface area contributed by atoms with Crippen molar-refractivity contribution in [3.63, 3.8) is 0 Å². The van der Waals surface area contributed by atoms with Crippen molar-refractivity contribution < 1.29 is 0 Å². The number of aryl methyl sites for hydroxylation is 2. The van der Waals surface area contributed by atoms with Gasteiger partial charge < -0.3 is 10.2 Å². The highest BCUT2D eigenvalue weighted by Crippen LogP contribution is 2.11. The first-order chi connectivity index (χ1) is 10.6. The molecule has 5 heteroatoms. The average molecular weight is 316 g/mol. The summed E-state index contributed by atoms with van der Waals surface area (Å²) in [5.74, 6) is 0.913. The first-order valence-electron chi connectivity index (χ1n) is 7.47. The molecule has 1 aromatic heterocycles. The number of hydrogen-bond acceptors (Lipinski definition) is 3. The molecular formula is C17H24N4S. The Hall–Kier alpha value is -1.88. The smallest absolute Gasteiger partial charge is 0.193 e. The van der Waals surface area contributed by atoms with Gasteiger partial charge >= 0.3 is 0 Å². The summed E-state index contributed by atoms with van der Waals surface area (Å²) < 4.78 is 0. The van der Waals surface area contributed by atoms with Crippen LogP contribution in [-0.2, 0) is 13.0 Å². The van der Waals surface area contributed by atoms with Crippen LogP contribution in [0.5, 0.6) is 0 Å². The third kappa shape index (κ3) is 4.56. The van der Waals surface area contributed by atoms with Gasteiger partial charge in [0.1, 0.15) is 0 Å². The maximum absolute atomic E-state index is 4.39. The van der Waals surface area contributed by atoms with E-state index in [1.165, 1.54) is 21.0 Å². The van der Waals surface area contributed by atoms with Crippen LogP contribution in [0.25, 0.3) is 0 Å². The van der Waals surface area contributed by atoms with E-state index in [1.807, 2.05) is 13.2 Å². The number of nitrogens with zero attached hydrogens (tertiary/aromatic N) is 3. The highest BCUT2D eigenvalue weighted by molar-refractivity contribution is 7.11. The van der Waals surface area contributed by atoms with Crippen LogP contribution in [-0.4, -0.2) is 36.5 Å². The lowest BCUT2D eigenvalue weighted by Crippen LogP contribution is -2.39. The molecule has 1 heterocycles. The van der Waals surface area contributed by atoms with Gasteiger partial charge in [-0.3, -0.25) is 4.99 Å². The first kappa shape index (κ1) is 16.5. The molecule has 2 aromatic rings. The zero-order valence-electron chi connectivity index (χ0n) is 13.8. The minimum atomic E-state index is 0.845. The first-order valence-corrected chi connectivity index (χ1v) is 8.29. The SMILES string of the molecule is CN=C(NCCc1ncc(C)s1)N(C)Cc1ccccc1C. The topological polar surface area (TPSA) is 40.5 Å². The van der Waals surface area contributed by atoms with Crippen LogP contribution < -0.4 is 5.32 Å². The van der Waals surface area contributed by atoms with Crippen LogP contribution in [0.3, 0.4) is 0 Å². The second-order valence-corrected chi connectivity index (χ2v) is 6.69. The van der Waals surface area contributed by atoms with E-state index in [9.17, 15) is 0 Å². The fraction of sp³-hybridized carbons (Fsp3) is 0.412. The molecule has 4 nitrogen and oxygen atoms in total.